The van der Waals surface area contributed by atoms with Gasteiger partial charge in [0.15, 0.2) is 0 Å². The molecule has 3 N–H and O–H groups in total. The molecule has 0 saturated heterocycles. The lowest BCUT2D eigenvalue weighted by atomic mass is 10.1. The summed E-state index contributed by atoms with van der Waals surface area (Å²) in [5, 5.41) is 28.9. The van der Waals surface area contributed by atoms with E-state index in [1.54, 1.807) is 13.8 Å². The van der Waals surface area contributed by atoms with Crippen LogP contribution in [-0.4, -0.2) is 78.2 Å². The molecule has 3 heterocycles. The Hall–Kier alpha value is -5.98. The summed E-state index contributed by atoms with van der Waals surface area (Å²) >= 11 is 0. The van der Waals surface area contributed by atoms with Crippen LogP contribution in [0.5, 0.6) is 0 Å². The van der Waals surface area contributed by atoms with Gasteiger partial charge in [-0.15, -0.1) is 10.2 Å². The van der Waals surface area contributed by atoms with Gasteiger partial charge in [0.05, 0.1) is 63.1 Å². The van der Waals surface area contributed by atoms with Gasteiger partial charge in [0.2, 0.25) is 0 Å². The molecule has 4 aromatic rings. The largest absolute Gasteiger partial charge is 0.478 e. The number of anilines is 1. The monoisotopic (exact) mass is 704 g/mol. The first-order chi connectivity index (χ1) is 23.4. The van der Waals surface area contributed by atoms with Crippen LogP contribution < -0.4 is 10.4 Å². The van der Waals surface area contributed by atoms with Crippen LogP contribution in [0.25, 0.3) is 22.8 Å². The van der Waals surface area contributed by atoms with Gasteiger partial charge in [-0.1, -0.05) is 5.21 Å². The van der Waals surface area contributed by atoms with Crippen LogP contribution in [0.1, 0.15) is 61.7 Å². The molecule has 5 rings (SSSR count). The fourth-order valence-electron chi connectivity index (χ4n) is 5.15. The number of benzene rings is 2. The molecule has 0 atom stereocenters. The molecule has 262 valence electrons. The average Bonchev–Trinajstić information content (AvgIpc) is 3.71. The molecular weight excluding hydrogens is 678 g/mol. The van der Waals surface area contributed by atoms with Crippen LogP contribution in [0, 0.1) is 0 Å². The number of amides is 1. The Kier molecular flexibility index (Phi) is 9.29. The van der Waals surface area contributed by atoms with Gasteiger partial charge in [0.25, 0.3) is 5.91 Å². The fraction of sp³-hybridized carbons (Fsp3) is 0.226. The maximum absolute atomic E-state index is 13.7. The highest BCUT2D eigenvalue weighted by Crippen LogP contribution is 2.37. The fourth-order valence-corrected chi connectivity index (χ4v) is 5.15. The van der Waals surface area contributed by atoms with Crippen molar-refractivity contribution in [3.8, 4) is 17.1 Å². The molecule has 1 aliphatic heterocycles. The van der Waals surface area contributed by atoms with E-state index >= 15 is 0 Å². The lowest BCUT2D eigenvalue weighted by Gasteiger charge is -2.25. The first-order valence-corrected chi connectivity index (χ1v) is 14.6. The van der Waals surface area contributed by atoms with Crippen LogP contribution >= 0.6 is 0 Å². The van der Waals surface area contributed by atoms with Gasteiger partial charge in [0.1, 0.15) is 5.69 Å². The molecule has 0 unspecified atom stereocenters. The molecule has 0 aliphatic carbocycles. The first-order valence-electron chi connectivity index (χ1n) is 14.6. The Balaban J connectivity index is 1.59. The maximum atomic E-state index is 13.7. The zero-order valence-corrected chi connectivity index (χ0v) is 26.2. The van der Waals surface area contributed by atoms with E-state index < -0.39 is 52.5 Å². The Bertz CT molecular complexity index is 2020. The van der Waals surface area contributed by atoms with Gasteiger partial charge >= 0.3 is 24.3 Å². The number of nitrogens with zero attached hydrogens (tertiary/aromatic N) is 7. The number of carbonyl (C=O) groups is 3. The number of nitrogens with one attached hydrogen (secondary N) is 1. The second-order valence-electron chi connectivity index (χ2n) is 10.7. The number of pyridine rings is 1. The molecule has 50 heavy (non-hydrogen) atoms. The van der Waals surface area contributed by atoms with E-state index in [0.29, 0.717) is 25.2 Å². The van der Waals surface area contributed by atoms with Gasteiger partial charge in [-0.2, -0.15) is 26.3 Å². The van der Waals surface area contributed by atoms with Crippen molar-refractivity contribution in [3.05, 3.63) is 94.4 Å². The van der Waals surface area contributed by atoms with Crippen LogP contribution in [0.2, 0.25) is 0 Å². The van der Waals surface area contributed by atoms with Crippen molar-refractivity contribution >= 4 is 29.2 Å². The third kappa shape index (κ3) is 6.93. The number of carbonyl (C=O) groups excluding carboxylic acids is 1. The second-order valence-corrected chi connectivity index (χ2v) is 10.7. The average molecular weight is 705 g/mol. The lowest BCUT2D eigenvalue weighted by molar-refractivity contribution is -0.138. The van der Waals surface area contributed by atoms with Crippen LogP contribution in [0.4, 0.5) is 32.0 Å². The number of alkyl halides is 6. The Morgan fingerprint density at radius 2 is 1.34 bits per heavy atom. The van der Waals surface area contributed by atoms with Crippen LogP contribution in [0.3, 0.4) is 0 Å². The van der Waals surface area contributed by atoms with E-state index in [2.05, 4.69) is 20.7 Å². The van der Waals surface area contributed by atoms with Gasteiger partial charge in [-0.25, -0.2) is 19.3 Å². The van der Waals surface area contributed by atoms with Crippen LogP contribution in [0.15, 0.2) is 60.9 Å². The molecule has 1 aliphatic rings. The van der Waals surface area contributed by atoms with Crippen molar-refractivity contribution < 1.29 is 50.9 Å². The Morgan fingerprint density at radius 3 is 1.88 bits per heavy atom. The van der Waals surface area contributed by atoms with E-state index in [9.17, 15) is 50.9 Å². The van der Waals surface area contributed by atoms with Crippen molar-refractivity contribution in [2.24, 2.45) is 0 Å². The molecule has 13 nitrogen and oxygen atoms in total. The smallest absolute Gasteiger partial charge is 0.417 e. The van der Waals surface area contributed by atoms with Gasteiger partial charge in [-0.3, -0.25) is 15.2 Å². The summed E-state index contributed by atoms with van der Waals surface area (Å²) in [6.45, 7) is 4.22. The predicted molar refractivity (Wildman–Crippen MR) is 164 cm³/mol. The third-order valence-electron chi connectivity index (χ3n) is 7.62. The number of hydrogen-bond donors (Lipinski definition) is 3. The minimum atomic E-state index is -4.99. The van der Waals surface area contributed by atoms with Gasteiger partial charge < -0.3 is 15.1 Å². The highest BCUT2D eigenvalue weighted by Gasteiger charge is 2.37. The predicted octanol–water partition coefficient (Wildman–Crippen LogP) is 5.42. The molecule has 19 heteroatoms. The molecule has 2 aromatic heterocycles. The molecule has 0 radical (unpaired) electrons. The standard InChI is InChI=1S/C31H26F6N8O5/c1-4-43(5-2)27(46)16-10-23(25-14-44(41-39-25)17-6-8-19(28(47)48)21(12-17)30(32,33)34)38-24(11-16)26-15-45(42(3)40-26)18-7-9-20(29(49)50)22(13-18)31(35,36)37/h6-15,40H,4-5H2,1-3H3,(H,47,48)(H,49,50). The number of halogens is 6. The number of carboxylic acids is 2. The van der Waals surface area contributed by atoms with E-state index in [4.69, 9.17) is 0 Å². The Morgan fingerprint density at radius 1 is 0.800 bits per heavy atom. The van der Waals surface area contributed by atoms with Crippen LogP contribution in [-0.2, 0) is 12.4 Å². The summed E-state index contributed by atoms with van der Waals surface area (Å²) < 4.78 is 83.1. The number of carboxylic acid groups (broad SMARTS) is 2. The summed E-state index contributed by atoms with van der Waals surface area (Å²) in [6.07, 6.45) is -7.36. The highest BCUT2D eigenvalue weighted by molar-refractivity contribution is 5.96. The molecule has 1 amide bonds. The number of hydrazine groups is 2. The number of rotatable bonds is 9. The molecule has 0 fully saturated rings. The summed E-state index contributed by atoms with van der Waals surface area (Å²) in [5.74, 6) is -3.93. The van der Waals surface area contributed by atoms with E-state index in [0.717, 1.165) is 22.9 Å². The summed E-state index contributed by atoms with van der Waals surface area (Å²) in [4.78, 5) is 42.3. The lowest BCUT2D eigenvalue weighted by Crippen LogP contribution is -2.39. The minimum absolute atomic E-state index is 0.0132. The summed E-state index contributed by atoms with van der Waals surface area (Å²) in [6, 6.07) is 8.01. The molecule has 2 aromatic carbocycles. The van der Waals surface area contributed by atoms with E-state index in [1.165, 1.54) is 52.7 Å². The minimum Gasteiger partial charge on any atom is -0.478 e. The third-order valence-corrected chi connectivity index (χ3v) is 7.62. The molecular formula is C31H26F6N8O5. The number of aromatic carboxylic acids is 2. The summed E-state index contributed by atoms with van der Waals surface area (Å²) in [5.41, 5.74) is -1.46. The topological polar surface area (TPSA) is 157 Å². The second kappa shape index (κ2) is 13.1. The van der Waals surface area contributed by atoms with E-state index in [1.807, 2.05) is 0 Å². The molecule has 0 spiro atoms. The number of aromatic nitrogens is 4. The zero-order valence-electron chi connectivity index (χ0n) is 26.2. The first kappa shape index (κ1) is 35.3. The van der Waals surface area contributed by atoms with Crippen molar-refractivity contribution in [1.82, 2.24) is 35.4 Å². The SMILES string of the molecule is CCN(CC)C(=O)c1cc(C2=CN(c3ccc(C(=O)O)c(C(F)(F)F)c3)N(C)N2)nc(-c2cn(-c3ccc(C(=O)O)c(C(F)(F)F)c3)nn2)c1. The van der Waals surface area contributed by atoms with Crippen molar-refractivity contribution in [2.75, 3.05) is 25.1 Å². The van der Waals surface area contributed by atoms with E-state index in [-0.39, 0.29) is 39.7 Å². The quantitative estimate of drug-likeness (QED) is 0.191. The van der Waals surface area contributed by atoms with Crippen molar-refractivity contribution in [1.29, 1.82) is 0 Å². The molecule has 0 bridgehead atoms. The van der Waals surface area contributed by atoms with Gasteiger partial charge in [0, 0.05) is 25.7 Å². The molecule has 0 saturated carbocycles. The normalized spacial score (nSPS) is 13.6. The van der Waals surface area contributed by atoms with Gasteiger partial charge in [-0.05, 0) is 62.4 Å². The maximum Gasteiger partial charge on any atom is 0.417 e. The summed E-state index contributed by atoms with van der Waals surface area (Å²) in [7, 11) is 1.46. The van der Waals surface area contributed by atoms with Crippen molar-refractivity contribution in [3.63, 3.8) is 0 Å². The zero-order chi connectivity index (χ0) is 36.7. The Labute approximate surface area is 278 Å². The highest BCUT2D eigenvalue weighted by atomic mass is 19.4. The van der Waals surface area contributed by atoms with Crippen molar-refractivity contribution in [2.45, 2.75) is 26.2 Å². The number of hydrogen-bond acceptors (Lipinski definition) is 9.